The van der Waals surface area contributed by atoms with E-state index in [1.54, 1.807) is 0 Å². The van der Waals surface area contributed by atoms with Gasteiger partial charge in [0.2, 0.25) is 0 Å². The monoisotopic (exact) mass is 269 g/mol. The fourth-order valence-electron chi connectivity index (χ4n) is 2.56. The predicted molar refractivity (Wildman–Crippen MR) is 82.8 cm³/mol. The van der Waals surface area contributed by atoms with Crippen LogP contribution in [0, 0.1) is 0 Å². The third-order valence-electron chi connectivity index (χ3n) is 3.64. The first kappa shape index (κ1) is 12.9. The second-order valence-corrected chi connectivity index (χ2v) is 5.00. The van der Waals surface area contributed by atoms with E-state index in [4.69, 9.17) is 5.73 Å². The first-order valence-corrected chi connectivity index (χ1v) is 6.88. The summed E-state index contributed by atoms with van der Waals surface area (Å²) in [5.41, 5.74) is 7.81. The van der Waals surface area contributed by atoms with Gasteiger partial charge in [-0.1, -0.05) is 18.2 Å². The van der Waals surface area contributed by atoms with Gasteiger partial charge in [0, 0.05) is 32.7 Å². The molecule has 1 aromatic carbocycles. The number of benzene rings is 1. The number of rotatable bonds is 3. The van der Waals surface area contributed by atoms with E-state index < -0.39 is 0 Å². The van der Waals surface area contributed by atoms with Crippen molar-refractivity contribution in [1.82, 2.24) is 14.9 Å². The Labute approximate surface area is 118 Å². The van der Waals surface area contributed by atoms with Crippen LogP contribution in [0.4, 0.5) is 11.6 Å². The van der Waals surface area contributed by atoms with E-state index in [1.165, 1.54) is 0 Å². The minimum Gasteiger partial charge on any atom is -0.381 e. The van der Waals surface area contributed by atoms with Crippen LogP contribution in [0.2, 0.25) is 0 Å². The van der Waals surface area contributed by atoms with Gasteiger partial charge >= 0.3 is 0 Å². The zero-order valence-electron chi connectivity index (χ0n) is 11.5. The third kappa shape index (κ3) is 2.44. The molecule has 0 saturated carbocycles. The van der Waals surface area contributed by atoms with Gasteiger partial charge in [0.25, 0.3) is 0 Å². The van der Waals surface area contributed by atoms with Gasteiger partial charge < -0.3 is 10.6 Å². The van der Waals surface area contributed by atoms with Crippen molar-refractivity contribution in [2.45, 2.75) is 0 Å². The summed E-state index contributed by atoms with van der Waals surface area (Å²) in [7, 11) is 0. The number of fused-ring (bicyclic) bond motifs is 1. The molecule has 20 heavy (non-hydrogen) atoms. The summed E-state index contributed by atoms with van der Waals surface area (Å²) in [4.78, 5) is 13.7. The molecule has 0 atom stereocenters. The minimum absolute atomic E-state index is 0.515. The van der Waals surface area contributed by atoms with Crippen LogP contribution in [0.25, 0.3) is 11.0 Å². The molecule has 0 aliphatic carbocycles. The second-order valence-electron chi connectivity index (χ2n) is 5.00. The maximum Gasteiger partial charge on any atom is 0.172 e. The Morgan fingerprint density at radius 3 is 2.40 bits per heavy atom. The molecule has 2 aromatic rings. The molecule has 3 rings (SSSR count). The Morgan fingerprint density at radius 2 is 1.75 bits per heavy atom. The number of nitrogens with two attached hydrogens (primary N) is 1. The van der Waals surface area contributed by atoms with E-state index >= 15 is 0 Å². The van der Waals surface area contributed by atoms with Gasteiger partial charge in [-0.25, -0.2) is 9.97 Å². The van der Waals surface area contributed by atoms with Crippen molar-refractivity contribution in [2.24, 2.45) is 0 Å². The number of nitrogen functional groups attached to an aromatic ring is 1. The smallest absolute Gasteiger partial charge is 0.172 e. The number of anilines is 2. The molecule has 1 fully saturated rings. The summed E-state index contributed by atoms with van der Waals surface area (Å²) in [5, 5.41) is 0. The third-order valence-corrected chi connectivity index (χ3v) is 3.64. The molecular formula is C15H19N5. The average molecular weight is 269 g/mol. The van der Waals surface area contributed by atoms with Crippen LogP contribution in [0.1, 0.15) is 0 Å². The molecule has 5 heteroatoms. The van der Waals surface area contributed by atoms with Crippen molar-refractivity contribution in [1.29, 1.82) is 0 Å². The lowest BCUT2D eigenvalue weighted by Crippen LogP contribution is -2.46. The van der Waals surface area contributed by atoms with Crippen molar-refractivity contribution >= 4 is 22.7 Å². The molecular weight excluding hydrogens is 250 g/mol. The van der Waals surface area contributed by atoms with E-state index in [9.17, 15) is 0 Å². The molecule has 0 amide bonds. The van der Waals surface area contributed by atoms with Crippen LogP contribution in [-0.4, -0.2) is 47.6 Å². The molecule has 5 nitrogen and oxygen atoms in total. The van der Waals surface area contributed by atoms with Gasteiger partial charge in [0.05, 0.1) is 11.0 Å². The van der Waals surface area contributed by atoms with Gasteiger partial charge in [-0.3, -0.25) is 4.90 Å². The summed E-state index contributed by atoms with van der Waals surface area (Å²) < 4.78 is 0. The quantitative estimate of drug-likeness (QED) is 0.856. The lowest BCUT2D eigenvalue weighted by Gasteiger charge is -2.35. The fourth-order valence-corrected chi connectivity index (χ4v) is 2.56. The van der Waals surface area contributed by atoms with E-state index in [0.29, 0.717) is 5.82 Å². The van der Waals surface area contributed by atoms with Gasteiger partial charge in [0.15, 0.2) is 11.6 Å². The molecule has 1 aliphatic heterocycles. The van der Waals surface area contributed by atoms with Gasteiger partial charge in [-0.2, -0.15) is 0 Å². The Balaban J connectivity index is 1.84. The first-order valence-electron chi connectivity index (χ1n) is 6.88. The molecule has 0 unspecified atom stereocenters. The van der Waals surface area contributed by atoms with Gasteiger partial charge in [-0.05, 0) is 12.1 Å². The highest BCUT2D eigenvalue weighted by Crippen LogP contribution is 2.23. The van der Waals surface area contributed by atoms with Crippen molar-refractivity contribution in [2.75, 3.05) is 43.4 Å². The van der Waals surface area contributed by atoms with E-state index in [0.717, 1.165) is 49.6 Å². The molecule has 1 saturated heterocycles. The molecule has 0 radical (unpaired) electrons. The van der Waals surface area contributed by atoms with Crippen LogP contribution in [-0.2, 0) is 0 Å². The van der Waals surface area contributed by atoms with Crippen LogP contribution in [0.5, 0.6) is 0 Å². The molecule has 104 valence electrons. The van der Waals surface area contributed by atoms with Crippen LogP contribution in [0.3, 0.4) is 0 Å². The summed E-state index contributed by atoms with van der Waals surface area (Å²) in [5.74, 6) is 1.32. The molecule has 2 N–H and O–H groups in total. The molecule has 2 heterocycles. The molecule has 1 aliphatic rings. The highest BCUT2D eigenvalue weighted by atomic mass is 15.3. The van der Waals surface area contributed by atoms with Crippen molar-refractivity contribution in [3.8, 4) is 0 Å². The Bertz CT molecular complexity index is 617. The maximum atomic E-state index is 6.07. The average Bonchev–Trinajstić information content (AvgIpc) is 2.48. The number of aromatic nitrogens is 2. The highest BCUT2D eigenvalue weighted by Gasteiger charge is 2.19. The predicted octanol–water partition coefficient (Wildman–Crippen LogP) is 1.52. The van der Waals surface area contributed by atoms with Gasteiger partial charge in [-0.15, -0.1) is 6.58 Å². The Kier molecular flexibility index (Phi) is 3.52. The van der Waals surface area contributed by atoms with Crippen LogP contribution < -0.4 is 10.6 Å². The fraction of sp³-hybridized carbons (Fsp3) is 0.333. The Morgan fingerprint density at radius 1 is 1.10 bits per heavy atom. The standard InChI is InChI=1S/C15H19N5/c1-2-7-19-8-10-20(11-9-19)15-14(16)17-12-5-3-4-6-13(12)18-15/h2-6H,1,7-11H2,(H2,16,17). The number of para-hydroxylation sites is 2. The largest absolute Gasteiger partial charge is 0.381 e. The summed E-state index contributed by atoms with van der Waals surface area (Å²) in [6, 6.07) is 7.83. The lowest BCUT2D eigenvalue weighted by atomic mass is 10.2. The number of hydrogen-bond acceptors (Lipinski definition) is 5. The highest BCUT2D eigenvalue weighted by molar-refractivity contribution is 5.79. The maximum absolute atomic E-state index is 6.07. The topological polar surface area (TPSA) is 58.3 Å². The van der Waals surface area contributed by atoms with Crippen molar-refractivity contribution < 1.29 is 0 Å². The summed E-state index contributed by atoms with van der Waals surface area (Å²) in [6.45, 7) is 8.56. The second kappa shape index (κ2) is 5.46. The molecule has 0 spiro atoms. The minimum atomic E-state index is 0.515. The van der Waals surface area contributed by atoms with Crippen molar-refractivity contribution in [3.63, 3.8) is 0 Å². The number of piperazine rings is 1. The van der Waals surface area contributed by atoms with E-state index in [1.807, 2.05) is 30.3 Å². The Hall–Kier alpha value is -2.14. The molecule has 0 bridgehead atoms. The van der Waals surface area contributed by atoms with Crippen molar-refractivity contribution in [3.05, 3.63) is 36.9 Å². The zero-order valence-corrected chi connectivity index (χ0v) is 11.5. The summed E-state index contributed by atoms with van der Waals surface area (Å²) >= 11 is 0. The summed E-state index contributed by atoms with van der Waals surface area (Å²) in [6.07, 6.45) is 1.94. The zero-order chi connectivity index (χ0) is 13.9. The number of hydrogen-bond donors (Lipinski definition) is 1. The van der Waals surface area contributed by atoms with E-state index in [2.05, 4.69) is 26.3 Å². The first-order chi connectivity index (χ1) is 9.78. The van der Waals surface area contributed by atoms with Crippen LogP contribution >= 0.6 is 0 Å². The molecule has 1 aromatic heterocycles. The van der Waals surface area contributed by atoms with Crippen LogP contribution in [0.15, 0.2) is 36.9 Å². The van der Waals surface area contributed by atoms with E-state index in [-0.39, 0.29) is 0 Å². The normalized spacial score (nSPS) is 16.5. The van der Waals surface area contributed by atoms with Gasteiger partial charge in [0.1, 0.15) is 0 Å². The number of nitrogens with zero attached hydrogens (tertiary/aromatic N) is 4. The lowest BCUT2D eigenvalue weighted by molar-refractivity contribution is 0.283. The SMILES string of the molecule is C=CCN1CCN(c2nc3ccccc3nc2N)CC1.